The van der Waals surface area contributed by atoms with E-state index >= 15 is 0 Å². The van der Waals surface area contributed by atoms with Gasteiger partial charge in [-0.2, -0.15) is 0 Å². The van der Waals surface area contributed by atoms with Gasteiger partial charge in [0.2, 0.25) is 0 Å². The number of benzene rings is 1. The van der Waals surface area contributed by atoms with Gasteiger partial charge in [-0.25, -0.2) is 4.39 Å². The SMILES string of the molecule is CC#CCCOc1ccc(C(C)NCC)c(F)c1. The Hall–Kier alpha value is -1.53. The predicted octanol–water partition coefficient (Wildman–Crippen LogP) is 3.29. The molecule has 0 saturated heterocycles. The number of nitrogens with one attached hydrogen (secondary N) is 1. The maximum Gasteiger partial charge on any atom is 0.131 e. The van der Waals surface area contributed by atoms with Gasteiger partial charge in [0, 0.05) is 24.1 Å². The number of ether oxygens (including phenoxy) is 1. The summed E-state index contributed by atoms with van der Waals surface area (Å²) in [6.07, 6.45) is 0.660. The zero-order valence-corrected chi connectivity index (χ0v) is 11.2. The van der Waals surface area contributed by atoms with Crippen LogP contribution in [0, 0.1) is 17.7 Å². The molecule has 0 amide bonds. The van der Waals surface area contributed by atoms with Crippen LogP contribution in [-0.4, -0.2) is 13.2 Å². The van der Waals surface area contributed by atoms with Gasteiger partial charge in [0.25, 0.3) is 0 Å². The minimum atomic E-state index is -0.234. The maximum atomic E-state index is 13.9. The van der Waals surface area contributed by atoms with Crippen LogP contribution in [0.4, 0.5) is 4.39 Å². The summed E-state index contributed by atoms with van der Waals surface area (Å²) >= 11 is 0. The molecule has 2 nitrogen and oxygen atoms in total. The lowest BCUT2D eigenvalue weighted by atomic mass is 10.1. The Morgan fingerprint density at radius 2 is 2.22 bits per heavy atom. The van der Waals surface area contributed by atoms with Crippen molar-refractivity contribution in [2.45, 2.75) is 33.2 Å². The third-order valence-electron chi connectivity index (χ3n) is 2.62. The van der Waals surface area contributed by atoms with Gasteiger partial charge < -0.3 is 10.1 Å². The van der Waals surface area contributed by atoms with Crippen LogP contribution >= 0.6 is 0 Å². The Morgan fingerprint density at radius 1 is 1.44 bits per heavy atom. The minimum Gasteiger partial charge on any atom is -0.492 e. The molecule has 0 bridgehead atoms. The van der Waals surface area contributed by atoms with Crippen molar-refractivity contribution in [1.29, 1.82) is 0 Å². The number of rotatable bonds is 6. The molecule has 1 N–H and O–H groups in total. The van der Waals surface area contributed by atoms with E-state index in [1.165, 1.54) is 6.07 Å². The van der Waals surface area contributed by atoms with E-state index in [0.717, 1.165) is 6.54 Å². The summed E-state index contributed by atoms with van der Waals surface area (Å²) in [6.45, 7) is 7.04. The van der Waals surface area contributed by atoms with Gasteiger partial charge in [0.05, 0.1) is 6.61 Å². The smallest absolute Gasteiger partial charge is 0.131 e. The van der Waals surface area contributed by atoms with Gasteiger partial charge in [-0.1, -0.05) is 13.0 Å². The van der Waals surface area contributed by atoms with Gasteiger partial charge in [-0.15, -0.1) is 11.8 Å². The van der Waals surface area contributed by atoms with E-state index in [2.05, 4.69) is 17.2 Å². The van der Waals surface area contributed by atoms with Gasteiger partial charge in [0.15, 0.2) is 0 Å². The van der Waals surface area contributed by atoms with E-state index in [9.17, 15) is 4.39 Å². The monoisotopic (exact) mass is 249 g/mol. The average Bonchev–Trinajstić information content (AvgIpc) is 2.35. The number of hydrogen-bond acceptors (Lipinski definition) is 2. The molecule has 0 aromatic heterocycles. The Labute approximate surface area is 109 Å². The van der Waals surface area contributed by atoms with Gasteiger partial charge in [-0.05, 0) is 26.5 Å². The number of hydrogen-bond donors (Lipinski definition) is 1. The molecule has 1 atom stereocenters. The van der Waals surface area contributed by atoms with E-state index in [1.807, 2.05) is 13.8 Å². The fraction of sp³-hybridized carbons (Fsp3) is 0.467. The highest BCUT2D eigenvalue weighted by molar-refractivity contribution is 5.30. The highest BCUT2D eigenvalue weighted by atomic mass is 19.1. The first-order chi connectivity index (χ1) is 8.69. The van der Waals surface area contributed by atoms with Crippen LogP contribution in [0.3, 0.4) is 0 Å². The Morgan fingerprint density at radius 3 is 2.83 bits per heavy atom. The maximum absolute atomic E-state index is 13.9. The van der Waals surface area contributed by atoms with Crippen LogP contribution in [0.1, 0.15) is 38.8 Å². The zero-order valence-electron chi connectivity index (χ0n) is 11.2. The fourth-order valence-corrected chi connectivity index (χ4v) is 1.71. The summed E-state index contributed by atoms with van der Waals surface area (Å²) < 4.78 is 19.3. The average molecular weight is 249 g/mol. The van der Waals surface area contributed by atoms with Crippen LogP contribution < -0.4 is 10.1 Å². The molecule has 0 spiro atoms. The van der Waals surface area contributed by atoms with E-state index in [1.54, 1.807) is 19.1 Å². The molecule has 1 unspecified atom stereocenters. The lowest BCUT2D eigenvalue weighted by Crippen LogP contribution is -2.18. The molecule has 0 aliphatic carbocycles. The Balaban J connectivity index is 2.63. The first-order valence-corrected chi connectivity index (χ1v) is 6.24. The third kappa shape index (κ3) is 4.38. The predicted molar refractivity (Wildman–Crippen MR) is 72.1 cm³/mol. The van der Waals surface area contributed by atoms with Gasteiger partial charge in [-0.3, -0.25) is 0 Å². The highest BCUT2D eigenvalue weighted by Gasteiger charge is 2.10. The first kappa shape index (κ1) is 14.5. The molecule has 1 aromatic carbocycles. The van der Waals surface area contributed by atoms with Gasteiger partial charge >= 0.3 is 0 Å². The van der Waals surface area contributed by atoms with Crippen molar-refractivity contribution in [2.75, 3.05) is 13.2 Å². The summed E-state index contributed by atoms with van der Waals surface area (Å²) in [6, 6.07) is 5.01. The normalized spacial score (nSPS) is 11.6. The summed E-state index contributed by atoms with van der Waals surface area (Å²) in [4.78, 5) is 0. The molecule has 3 heteroatoms. The van der Waals surface area contributed by atoms with Crippen molar-refractivity contribution in [3.8, 4) is 17.6 Å². The fourth-order valence-electron chi connectivity index (χ4n) is 1.71. The Kier molecular flexibility index (Phi) is 6.24. The summed E-state index contributed by atoms with van der Waals surface area (Å²) in [5.41, 5.74) is 0.664. The quantitative estimate of drug-likeness (QED) is 0.617. The molecular weight excluding hydrogens is 229 g/mol. The van der Waals surface area contributed by atoms with Crippen LogP contribution in [0.25, 0.3) is 0 Å². The molecule has 0 heterocycles. The van der Waals surface area contributed by atoms with Crippen LogP contribution in [-0.2, 0) is 0 Å². The molecular formula is C15H20FNO. The van der Waals surface area contributed by atoms with Crippen molar-refractivity contribution in [2.24, 2.45) is 0 Å². The first-order valence-electron chi connectivity index (χ1n) is 6.24. The number of halogens is 1. The molecule has 18 heavy (non-hydrogen) atoms. The van der Waals surface area contributed by atoms with E-state index in [0.29, 0.717) is 24.3 Å². The largest absolute Gasteiger partial charge is 0.492 e. The molecule has 0 aliphatic rings. The second-order valence-corrected chi connectivity index (χ2v) is 3.99. The van der Waals surface area contributed by atoms with Crippen molar-refractivity contribution in [1.82, 2.24) is 5.32 Å². The molecule has 0 aliphatic heterocycles. The lowest BCUT2D eigenvalue weighted by Gasteiger charge is -2.14. The van der Waals surface area contributed by atoms with E-state index in [4.69, 9.17) is 4.74 Å². The van der Waals surface area contributed by atoms with Gasteiger partial charge in [0.1, 0.15) is 11.6 Å². The van der Waals surface area contributed by atoms with Crippen LogP contribution in [0.5, 0.6) is 5.75 Å². The molecule has 0 saturated carbocycles. The second kappa shape index (κ2) is 7.73. The Bertz CT molecular complexity index is 434. The zero-order chi connectivity index (χ0) is 13.4. The van der Waals surface area contributed by atoms with Crippen molar-refractivity contribution in [3.05, 3.63) is 29.6 Å². The summed E-state index contributed by atoms with van der Waals surface area (Å²) in [7, 11) is 0. The lowest BCUT2D eigenvalue weighted by molar-refractivity contribution is 0.325. The standard InChI is InChI=1S/C15H20FNO/c1-4-6-7-10-18-13-8-9-14(15(16)11-13)12(3)17-5-2/h8-9,11-12,17H,5,7,10H2,1-3H3. The van der Waals surface area contributed by atoms with Crippen molar-refractivity contribution < 1.29 is 9.13 Å². The van der Waals surface area contributed by atoms with E-state index < -0.39 is 0 Å². The van der Waals surface area contributed by atoms with Crippen molar-refractivity contribution in [3.63, 3.8) is 0 Å². The summed E-state index contributed by atoms with van der Waals surface area (Å²) in [5.74, 6) is 6.01. The van der Waals surface area contributed by atoms with E-state index in [-0.39, 0.29) is 11.9 Å². The van der Waals surface area contributed by atoms with Crippen molar-refractivity contribution >= 4 is 0 Å². The molecule has 98 valence electrons. The highest BCUT2D eigenvalue weighted by Crippen LogP contribution is 2.21. The topological polar surface area (TPSA) is 21.3 Å². The molecule has 0 fully saturated rings. The minimum absolute atomic E-state index is 0.00927. The second-order valence-electron chi connectivity index (χ2n) is 3.99. The van der Waals surface area contributed by atoms with Crippen LogP contribution in [0.2, 0.25) is 0 Å². The molecule has 1 rings (SSSR count). The molecule has 0 radical (unpaired) electrons. The third-order valence-corrected chi connectivity index (χ3v) is 2.62. The van der Waals surface area contributed by atoms with Crippen LogP contribution in [0.15, 0.2) is 18.2 Å². The molecule has 1 aromatic rings. The summed E-state index contributed by atoms with van der Waals surface area (Å²) in [5, 5.41) is 3.18.